The minimum Gasteiger partial charge on any atom is -0.394 e. The van der Waals surface area contributed by atoms with E-state index in [4.69, 9.17) is 10.2 Å². The third-order valence-corrected chi connectivity index (χ3v) is 1.87. The van der Waals surface area contributed by atoms with Crippen LogP contribution in [0, 0.1) is 0 Å². The number of pyridine rings is 1. The maximum Gasteiger partial charge on any atom is 0.0894 e. The second kappa shape index (κ2) is 6.48. The van der Waals surface area contributed by atoms with Gasteiger partial charge in [0.2, 0.25) is 0 Å². The molecule has 1 atom stereocenters. The summed E-state index contributed by atoms with van der Waals surface area (Å²) in [7, 11) is 0. The third-order valence-electron chi connectivity index (χ3n) is 1.87. The molecule has 4 nitrogen and oxygen atoms in total. The summed E-state index contributed by atoms with van der Waals surface area (Å²) in [5.41, 5.74) is 1.03. The first kappa shape index (κ1) is 11.1. The molecule has 1 rings (SSSR count). The van der Waals surface area contributed by atoms with E-state index in [1.165, 1.54) is 0 Å². The summed E-state index contributed by atoms with van der Waals surface area (Å²) >= 11 is 0. The van der Waals surface area contributed by atoms with E-state index in [-0.39, 0.29) is 6.61 Å². The molecule has 0 saturated heterocycles. The Labute approximate surface area is 83.6 Å². The fourth-order valence-electron chi connectivity index (χ4n) is 1.10. The summed E-state index contributed by atoms with van der Waals surface area (Å²) in [5.74, 6) is 0. The van der Waals surface area contributed by atoms with Gasteiger partial charge in [-0.3, -0.25) is 4.98 Å². The van der Waals surface area contributed by atoms with Gasteiger partial charge in [-0.15, -0.1) is 0 Å². The van der Waals surface area contributed by atoms with Crippen molar-refractivity contribution in [2.45, 2.75) is 12.5 Å². The number of hydrogen-bond acceptors (Lipinski definition) is 4. The summed E-state index contributed by atoms with van der Waals surface area (Å²) in [5, 5.41) is 20.6. The highest BCUT2D eigenvalue weighted by atomic mass is 16.3. The second-order valence-electron chi connectivity index (χ2n) is 3.11. The SMILES string of the molecule is OC[C@@H](O)CNCCc1ccccn1. The first-order valence-electron chi connectivity index (χ1n) is 4.72. The lowest BCUT2D eigenvalue weighted by Gasteiger charge is -2.08. The Bertz CT molecular complexity index is 241. The molecule has 0 bridgehead atoms. The summed E-state index contributed by atoms with van der Waals surface area (Å²) in [6.45, 7) is 0.980. The Balaban J connectivity index is 2.10. The molecule has 0 aliphatic rings. The van der Waals surface area contributed by atoms with Crippen LogP contribution in [-0.2, 0) is 6.42 Å². The fraction of sp³-hybridized carbons (Fsp3) is 0.500. The van der Waals surface area contributed by atoms with Crippen LogP contribution in [0.25, 0.3) is 0 Å². The van der Waals surface area contributed by atoms with E-state index in [2.05, 4.69) is 10.3 Å². The van der Waals surface area contributed by atoms with Gasteiger partial charge in [-0.25, -0.2) is 0 Å². The van der Waals surface area contributed by atoms with Crippen LogP contribution in [0.15, 0.2) is 24.4 Å². The van der Waals surface area contributed by atoms with E-state index < -0.39 is 6.10 Å². The van der Waals surface area contributed by atoms with Crippen molar-refractivity contribution < 1.29 is 10.2 Å². The number of nitrogens with zero attached hydrogens (tertiary/aromatic N) is 1. The van der Waals surface area contributed by atoms with Crippen LogP contribution in [0.2, 0.25) is 0 Å². The van der Waals surface area contributed by atoms with Crippen LogP contribution in [0.4, 0.5) is 0 Å². The minimum absolute atomic E-state index is 0.198. The van der Waals surface area contributed by atoms with Crippen molar-refractivity contribution >= 4 is 0 Å². The quantitative estimate of drug-likeness (QED) is 0.540. The van der Waals surface area contributed by atoms with E-state index in [9.17, 15) is 0 Å². The molecule has 0 radical (unpaired) electrons. The molecule has 1 heterocycles. The van der Waals surface area contributed by atoms with Crippen molar-refractivity contribution in [3.63, 3.8) is 0 Å². The van der Waals surface area contributed by atoms with Crippen molar-refractivity contribution in [2.75, 3.05) is 19.7 Å². The second-order valence-corrected chi connectivity index (χ2v) is 3.11. The lowest BCUT2D eigenvalue weighted by Crippen LogP contribution is -2.30. The lowest BCUT2D eigenvalue weighted by atomic mass is 10.2. The summed E-state index contributed by atoms with van der Waals surface area (Å²) in [6, 6.07) is 5.79. The van der Waals surface area contributed by atoms with E-state index in [1.807, 2.05) is 18.2 Å². The molecule has 0 aromatic carbocycles. The topological polar surface area (TPSA) is 65.4 Å². The average molecular weight is 196 g/mol. The van der Waals surface area contributed by atoms with E-state index in [0.717, 1.165) is 18.7 Å². The van der Waals surface area contributed by atoms with E-state index in [0.29, 0.717) is 6.54 Å². The van der Waals surface area contributed by atoms with Crippen LogP contribution in [0.3, 0.4) is 0 Å². The Morgan fingerprint density at radius 3 is 2.93 bits per heavy atom. The highest BCUT2D eigenvalue weighted by Gasteiger charge is 1.99. The zero-order valence-electron chi connectivity index (χ0n) is 8.06. The molecule has 0 aliphatic heterocycles. The monoisotopic (exact) mass is 196 g/mol. The molecule has 1 aromatic heterocycles. The van der Waals surface area contributed by atoms with Gasteiger partial charge < -0.3 is 15.5 Å². The Morgan fingerprint density at radius 1 is 1.43 bits per heavy atom. The van der Waals surface area contributed by atoms with E-state index in [1.54, 1.807) is 6.20 Å². The normalized spacial score (nSPS) is 12.7. The van der Waals surface area contributed by atoms with Gasteiger partial charge in [0, 0.05) is 31.4 Å². The van der Waals surface area contributed by atoms with Crippen molar-refractivity contribution in [1.29, 1.82) is 0 Å². The number of rotatable bonds is 6. The third kappa shape index (κ3) is 4.32. The predicted octanol–water partition coefficient (Wildman–Crippen LogP) is -0.433. The van der Waals surface area contributed by atoms with Crippen LogP contribution in [0.5, 0.6) is 0 Å². The fourth-order valence-corrected chi connectivity index (χ4v) is 1.10. The van der Waals surface area contributed by atoms with Gasteiger partial charge in [0.25, 0.3) is 0 Å². The maximum absolute atomic E-state index is 9.03. The molecule has 1 aromatic rings. The molecular formula is C10H16N2O2. The molecule has 0 spiro atoms. The first-order valence-corrected chi connectivity index (χ1v) is 4.72. The van der Waals surface area contributed by atoms with Crippen molar-refractivity contribution in [3.05, 3.63) is 30.1 Å². The van der Waals surface area contributed by atoms with Gasteiger partial charge in [0.15, 0.2) is 0 Å². The van der Waals surface area contributed by atoms with Gasteiger partial charge in [-0.05, 0) is 12.1 Å². The maximum atomic E-state index is 9.03. The van der Waals surface area contributed by atoms with Crippen molar-refractivity contribution in [3.8, 4) is 0 Å². The number of hydrogen-bond donors (Lipinski definition) is 3. The summed E-state index contributed by atoms with van der Waals surface area (Å²) < 4.78 is 0. The van der Waals surface area contributed by atoms with Crippen LogP contribution in [-0.4, -0.2) is 41.0 Å². The smallest absolute Gasteiger partial charge is 0.0894 e. The number of aromatic nitrogens is 1. The molecule has 78 valence electrons. The average Bonchev–Trinajstić information content (AvgIpc) is 2.25. The molecule has 0 saturated carbocycles. The number of aliphatic hydroxyl groups is 2. The van der Waals surface area contributed by atoms with Crippen LogP contribution < -0.4 is 5.32 Å². The summed E-state index contributed by atoms with van der Waals surface area (Å²) in [4.78, 5) is 4.16. The van der Waals surface area contributed by atoms with Gasteiger partial charge in [0.1, 0.15) is 0 Å². The highest BCUT2D eigenvalue weighted by molar-refractivity contribution is 5.03. The van der Waals surface area contributed by atoms with Crippen LogP contribution in [0.1, 0.15) is 5.69 Å². The Morgan fingerprint density at radius 2 is 2.29 bits per heavy atom. The standard InChI is InChI=1S/C10H16N2O2/c13-8-10(14)7-11-6-4-9-3-1-2-5-12-9/h1-3,5,10-11,13-14H,4,6-8H2/t10-/m0/s1. The summed E-state index contributed by atoms with van der Waals surface area (Å²) in [6.07, 6.45) is 1.93. The van der Waals surface area contributed by atoms with Gasteiger partial charge in [-0.1, -0.05) is 6.07 Å². The highest BCUT2D eigenvalue weighted by Crippen LogP contribution is 1.92. The molecule has 4 heteroatoms. The molecule has 14 heavy (non-hydrogen) atoms. The number of aliphatic hydroxyl groups excluding tert-OH is 2. The Hall–Kier alpha value is -0.970. The number of nitrogens with one attached hydrogen (secondary N) is 1. The molecule has 0 unspecified atom stereocenters. The van der Waals surface area contributed by atoms with Gasteiger partial charge >= 0.3 is 0 Å². The minimum atomic E-state index is -0.668. The zero-order valence-corrected chi connectivity index (χ0v) is 8.06. The molecule has 0 aliphatic carbocycles. The van der Waals surface area contributed by atoms with Gasteiger partial charge in [0.05, 0.1) is 12.7 Å². The predicted molar refractivity (Wildman–Crippen MR) is 53.9 cm³/mol. The Kier molecular flexibility index (Phi) is 5.14. The van der Waals surface area contributed by atoms with E-state index >= 15 is 0 Å². The van der Waals surface area contributed by atoms with Crippen molar-refractivity contribution in [2.24, 2.45) is 0 Å². The lowest BCUT2D eigenvalue weighted by molar-refractivity contribution is 0.0947. The van der Waals surface area contributed by atoms with Crippen LogP contribution >= 0.6 is 0 Å². The largest absolute Gasteiger partial charge is 0.394 e. The molecule has 0 amide bonds. The molecular weight excluding hydrogens is 180 g/mol. The first-order chi connectivity index (χ1) is 6.83. The molecule has 3 N–H and O–H groups in total. The zero-order chi connectivity index (χ0) is 10.2. The van der Waals surface area contributed by atoms with Gasteiger partial charge in [-0.2, -0.15) is 0 Å². The van der Waals surface area contributed by atoms with Crippen molar-refractivity contribution in [1.82, 2.24) is 10.3 Å². The molecule has 0 fully saturated rings.